The van der Waals surface area contributed by atoms with Crippen LogP contribution >= 0.6 is 0 Å². The maximum atomic E-state index is 10.0. The lowest BCUT2D eigenvalue weighted by atomic mass is 9.76. The quantitative estimate of drug-likeness (QED) is 0.415. The van der Waals surface area contributed by atoms with Gasteiger partial charge in [0, 0.05) is 24.2 Å². The van der Waals surface area contributed by atoms with Crippen LogP contribution in [0.5, 0.6) is 0 Å². The van der Waals surface area contributed by atoms with E-state index in [1.807, 2.05) is 12.1 Å². The molecule has 34 heavy (non-hydrogen) atoms. The fraction of sp³-hybridized carbons (Fsp3) is 0.360. The molecule has 9 nitrogen and oxygen atoms in total. The van der Waals surface area contributed by atoms with E-state index in [9.17, 15) is 5.11 Å². The summed E-state index contributed by atoms with van der Waals surface area (Å²) in [5, 5.41) is 18.7. The lowest BCUT2D eigenvalue weighted by molar-refractivity contribution is 0.0577. The Morgan fingerprint density at radius 3 is 2.59 bits per heavy atom. The highest BCUT2D eigenvalue weighted by Crippen LogP contribution is 2.50. The highest BCUT2D eigenvalue weighted by Gasteiger charge is 2.47. The van der Waals surface area contributed by atoms with Crippen LogP contribution in [0.25, 0.3) is 17.0 Å². The molecule has 1 aliphatic rings. The van der Waals surface area contributed by atoms with Crippen molar-refractivity contribution >= 4 is 11.8 Å². The second kappa shape index (κ2) is 8.90. The van der Waals surface area contributed by atoms with Crippen molar-refractivity contribution in [3.8, 4) is 11.5 Å². The Hall–Kier alpha value is -3.72. The van der Waals surface area contributed by atoms with Gasteiger partial charge in [-0.15, -0.1) is 0 Å². The summed E-state index contributed by atoms with van der Waals surface area (Å²) < 4.78 is 7.30. The molecule has 0 bridgehead atoms. The predicted molar refractivity (Wildman–Crippen MR) is 131 cm³/mol. The first-order valence-electron chi connectivity index (χ1n) is 11.2. The van der Waals surface area contributed by atoms with E-state index in [0.717, 1.165) is 35.1 Å². The number of hydrogen-bond donors (Lipinski definition) is 3. The molecule has 1 fully saturated rings. The fourth-order valence-electron chi connectivity index (χ4n) is 4.09. The van der Waals surface area contributed by atoms with Gasteiger partial charge in [0.15, 0.2) is 5.82 Å². The van der Waals surface area contributed by atoms with Crippen LogP contribution in [0.2, 0.25) is 0 Å². The molecule has 0 amide bonds. The molecule has 1 saturated carbocycles. The summed E-state index contributed by atoms with van der Waals surface area (Å²) in [6.45, 7) is 9.57. The Bertz CT molecular complexity index is 1230. The number of nitrogens with zero attached hydrogens (tertiary/aromatic N) is 5. The third kappa shape index (κ3) is 4.94. The van der Waals surface area contributed by atoms with Gasteiger partial charge in [0.2, 0.25) is 0 Å². The molecule has 5 N–H and O–H groups in total. The number of hydrogen-bond acceptors (Lipinski definition) is 8. The van der Waals surface area contributed by atoms with Crippen LogP contribution in [0.15, 0.2) is 64.8 Å². The standard InChI is InChI=1S/C25H31N7O2/c1-16(27)28-12-18(11-26)17-5-7-20(8-6-17)25(4,21-9-10-21)23-30-22(34-31-23)19-13-29-32(14-19)15-24(2,3)33/h5-8,11-14,21,33H,1,9-10,15,26-27H2,2-4H3/b18-11+,28-12-/t25-/m0/s1. The zero-order valence-corrected chi connectivity index (χ0v) is 19.8. The van der Waals surface area contributed by atoms with Crippen molar-refractivity contribution in [2.45, 2.75) is 51.2 Å². The van der Waals surface area contributed by atoms with Crippen LogP contribution in [-0.4, -0.2) is 36.8 Å². The molecule has 0 saturated heterocycles. The average Bonchev–Trinajstić information content (AvgIpc) is 3.34. The SMILES string of the molecule is C=C(N)/N=C\C(=C/N)c1ccc([C@](C)(c2noc(-c3cnn(CC(C)(C)O)c3)n2)C2CC2)cc1. The van der Waals surface area contributed by atoms with Gasteiger partial charge >= 0.3 is 0 Å². The van der Waals surface area contributed by atoms with Gasteiger partial charge in [-0.05, 0) is 50.7 Å². The minimum absolute atomic E-state index is 0.218. The highest BCUT2D eigenvalue weighted by atomic mass is 16.5. The van der Waals surface area contributed by atoms with Crippen molar-refractivity contribution in [3.63, 3.8) is 0 Å². The molecule has 3 aromatic rings. The van der Waals surface area contributed by atoms with Crippen molar-refractivity contribution in [3.05, 3.63) is 72.2 Å². The van der Waals surface area contributed by atoms with Gasteiger partial charge in [0.05, 0.1) is 29.3 Å². The Labute approximate surface area is 198 Å². The molecule has 2 aromatic heterocycles. The zero-order valence-electron chi connectivity index (χ0n) is 19.8. The predicted octanol–water partition coefficient (Wildman–Crippen LogP) is 3.22. The molecular weight excluding hydrogens is 430 g/mol. The fourth-order valence-corrected chi connectivity index (χ4v) is 4.09. The van der Waals surface area contributed by atoms with Gasteiger partial charge in [-0.2, -0.15) is 10.1 Å². The maximum Gasteiger partial charge on any atom is 0.261 e. The number of nitrogens with two attached hydrogens (primary N) is 2. The third-order valence-electron chi connectivity index (χ3n) is 6.08. The summed E-state index contributed by atoms with van der Waals surface area (Å²) in [5.41, 5.74) is 13.5. The van der Waals surface area contributed by atoms with Gasteiger partial charge in [0.25, 0.3) is 5.89 Å². The van der Waals surface area contributed by atoms with E-state index >= 15 is 0 Å². The smallest absolute Gasteiger partial charge is 0.261 e. The number of rotatable bonds is 9. The van der Waals surface area contributed by atoms with E-state index in [1.54, 1.807) is 37.1 Å². The molecule has 4 rings (SSSR count). The van der Waals surface area contributed by atoms with E-state index in [1.165, 1.54) is 6.20 Å². The first-order valence-corrected chi connectivity index (χ1v) is 11.2. The summed E-state index contributed by atoms with van der Waals surface area (Å²) in [4.78, 5) is 8.79. The first kappa shape index (κ1) is 23.4. The lowest BCUT2D eigenvalue weighted by Gasteiger charge is -2.27. The van der Waals surface area contributed by atoms with Crippen molar-refractivity contribution in [1.29, 1.82) is 0 Å². The van der Waals surface area contributed by atoms with Crippen LogP contribution in [0.3, 0.4) is 0 Å². The van der Waals surface area contributed by atoms with E-state index in [4.69, 9.17) is 21.0 Å². The van der Waals surface area contributed by atoms with E-state index in [0.29, 0.717) is 24.2 Å². The Morgan fingerprint density at radius 2 is 2.00 bits per heavy atom. The summed E-state index contributed by atoms with van der Waals surface area (Å²) in [6.07, 6.45) is 8.77. The minimum Gasteiger partial charge on any atom is -0.404 e. The second-order valence-electron chi connectivity index (χ2n) is 9.59. The van der Waals surface area contributed by atoms with Gasteiger partial charge in [-0.1, -0.05) is 36.0 Å². The number of benzene rings is 1. The van der Waals surface area contributed by atoms with E-state index < -0.39 is 11.0 Å². The Kier molecular flexibility index (Phi) is 6.14. The summed E-state index contributed by atoms with van der Waals surface area (Å²) in [6, 6.07) is 8.14. The molecule has 1 aliphatic carbocycles. The molecular formula is C25H31N7O2. The molecule has 178 valence electrons. The third-order valence-corrected chi connectivity index (χ3v) is 6.08. The molecule has 0 spiro atoms. The van der Waals surface area contributed by atoms with Crippen LogP contribution in [0.1, 0.15) is 50.6 Å². The molecule has 0 aliphatic heterocycles. The minimum atomic E-state index is -0.872. The van der Waals surface area contributed by atoms with Crippen LogP contribution < -0.4 is 11.5 Å². The highest BCUT2D eigenvalue weighted by molar-refractivity contribution is 6.09. The van der Waals surface area contributed by atoms with Crippen molar-refractivity contribution in [2.24, 2.45) is 22.4 Å². The average molecular weight is 462 g/mol. The number of aliphatic imine (C=N–C) groups is 1. The number of aromatic nitrogens is 4. The van der Waals surface area contributed by atoms with Crippen LogP contribution in [0, 0.1) is 5.92 Å². The number of aliphatic hydroxyl groups is 1. The van der Waals surface area contributed by atoms with Gasteiger partial charge < -0.3 is 21.1 Å². The van der Waals surface area contributed by atoms with Gasteiger partial charge in [-0.25, -0.2) is 4.99 Å². The first-order chi connectivity index (χ1) is 16.1. The zero-order chi connectivity index (χ0) is 24.5. The molecule has 1 aromatic carbocycles. The monoisotopic (exact) mass is 461 g/mol. The van der Waals surface area contributed by atoms with Gasteiger partial charge in [0.1, 0.15) is 5.82 Å². The number of allylic oxidation sites excluding steroid dienone is 1. The van der Waals surface area contributed by atoms with Crippen molar-refractivity contribution < 1.29 is 9.63 Å². The maximum absolute atomic E-state index is 10.0. The summed E-state index contributed by atoms with van der Waals surface area (Å²) in [5.74, 6) is 1.69. The van der Waals surface area contributed by atoms with Gasteiger partial charge in [-0.3, -0.25) is 4.68 Å². The largest absolute Gasteiger partial charge is 0.404 e. The Morgan fingerprint density at radius 1 is 1.29 bits per heavy atom. The van der Waals surface area contributed by atoms with E-state index in [-0.39, 0.29) is 5.82 Å². The van der Waals surface area contributed by atoms with Crippen molar-refractivity contribution in [1.82, 2.24) is 19.9 Å². The molecule has 9 heteroatoms. The molecule has 2 heterocycles. The van der Waals surface area contributed by atoms with Crippen LogP contribution in [-0.2, 0) is 12.0 Å². The Balaban J connectivity index is 1.61. The van der Waals surface area contributed by atoms with Crippen molar-refractivity contribution in [2.75, 3.05) is 0 Å². The van der Waals surface area contributed by atoms with Crippen LogP contribution in [0.4, 0.5) is 0 Å². The lowest BCUT2D eigenvalue weighted by Crippen LogP contribution is -2.28. The summed E-state index contributed by atoms with van der Waals surface area (Å²) >= 11 is 0. The molecule has 1 atom stereocenters. The summed E-state index contributed by atoms with van der Waals surface area (Å²) in [7, 11) is 0. The molecule has 0 radical (unpaired) electrons. The topological polar surface area (TPSA) is 141 Å². The molecule has 0 unspecified atom stereocenters. The normalized spacial score (nSPS) is 16.6. The van der Waals surface area contributed by atoms with E-state index in [2.05, 4.69) is 40.9 Å². The second-order valence-corrected chi connectivity index (χ2v) is 9.59.